The van der Waals surface area contributed by atoms with Crippen LogP contribution in [0.3, 0.4) is 0 Å². The second-order valence-corrected chi connectivity index (χ2v) is 6.46. The van der Waals surface area contributed by atoms with Crippen molar-refractivity contribution < 1.29 is 0 Å². The number of nitrogens with zero attached hydrogens (tertiary/aromatic N) is 3. The highest BCUT2D eigenvalue weighted by atomic mass is 15.2. The zero-order chi connectivity index (χ0) is 14.5. The highest BCUT2D eigenvalue weighted by molar-refractivity contribution is 5.50. The zero-order valence-corrected chi connectivity index (χ0v) is 13.1. The van der Waals surface area contributed by atoms with E-state index in [-0.39, 0.29) is 0 Å². The van der Waals surface area contributed by atoms with E-state index >= 15 is 0 Å². The number of anilines is 1. The van der Waals surface area contributed by atoms with E-state index in [0.29, 0.717) is 6.04 Å². The third-order valence-corrected chi connectivity index (χ3v) is 4.99. The van der Waals surface area contributed by atoms with Gasteiger partial charge < -0.3 is 10.6 Å². The van der Waals surface area contributed by atoms with Crippen molar-refractivity contribution in [2.45, 2.75) is 70.3 Å². The van der Waals surface area contributed by atoms with Crippen LogP contribution in [0.2, 0.25) is 0 Å². The molecule has 1 aromatic heterocycles. The Morgan fingerprint density at radius 3 is 2.67 bits per heavy atom. The van der Waals surface area contributed by atoms with Gasteiger partial charge in [-0.15, -0.1) is 0 Å². The van der Waals surface area contributed by atoms with E-state index in [1.807, 2.05) is 0 Å². The first kappa shape index (κ1) is 14.8. The molecule has 2 aliphatic rings. The Bertz CT molecular complexity index is 454. The molecule has 1 heterocycles. The molecule has 0 bridgehead atoms. The number of rotatable bonds is 5. The maximum atomic E-state index is 5.76. The first-order valence-electron chi connectivity index (χ1n) is 8.69. The fraction of sp³-hybridized carbons (Fsp3) is 0.765. The van der Waals surface area contributed by atoms with E-state index < -0.39 is 0 Å². The molecule has 2 aliphatic carbocycles. The Hall–Kier alpha value is -1.16. The zero-order valence-electron chi connectivity index (χ0n) is 13.1. The molecular formula is C17H28N4. The van der Waals surface area contributed by atoms with Crippen LogP contribution in [0.15, 0.2) is 6.33 Å². The van der Waals surface area contributed by atoms with Crippen molar-refractivity contribution in [1.82, 2.24) is 9.97 Å². The third-order valence-electron chi connectivity index (χ3n) is 4.99. The van der Waals surface area contributed by atoms with E-state index in [1.165, 1.54) is 62.0 Å². The van der Waals surface area contributed by atoms with Gasteiger partial charge in [-0.25, -0.2) is 9.97 Å². The summed E-state index contributed by atoms with van der Waals surface area (Å²) in [6.07, 6.45) is 14.4. The lowest BCUT2D eigenvalue weighted by Crippen LogP contribution is -2.40. The molecule has 0 atom stereocenters. The Kier molecular flexibility index (Phi) is 5.07. The van der Waals surface area contributed by atoms with Crippen LogP contribution in [0, 0.1) is 0 Å². The summed E-state index contributed by atoms with van der Waals surface area (Å²) in [7, 11) is 0. The molecule has 0 spiro atoms. The molecule has 4 heteroatoms. The largest absolute Gasteiger partial charge is 0.353 e. The van der Waals surface area contributed by atoms with Crippen molar-refractivity contribution in [3.05, 3.63) is 17.6 Å². The summed E-state index contributed by atoms with van der Waals surface area (Å²) < 4.78 is 0. The van der Waals surface area contributed by atoms with Crippen LogP contribution >= 0.6 is 0 Å². The molecule has 4 nitrogen and oxygen atoms in total. The van der Waals surface area contributed by atoms with Crippen LogP contribution in [0.5, 0.6) is 0 Å². The standard InChI is InChI=1S/C17H28N4/c18-11-6-12-21(14-7-2-1-3-8-14)17-15-9-4-5-10-16(15)19-13-20-17/h13-14H,1-12,18H2. The van der Waals surface area contributed by atoms with Crippen molar-refractivity contribution in [3.8, 4) is 0 Å². The Morgan fingerprint density at radius 1 is 1.05 bits per heavy atom. The van der Waals surface area contributed by atoms with E-state index in [0.717, 1.165) is 32.4 Å². The topological polar surface area (TPSA) is 55.0 Å². The summed E-state index contributed by atoms with van der Waals surface area (Å²) in [5.41, 5.74) is 8.48. The molecule has 1 fully saturated rings. The molecule has 21 heavy (non-hydrogen) atoms. The first-order chi connectivity index (χ1) is 10.4. The van der Waals surface area contributed by atoms with Crippen LogP contribution in [0.25, 0.3) is 0 Å². The van der Waals surface area contributed by atoms with Crippen molar-refractivity contribution in [2.75, 3.05) is 18.0 Å². The van der Waals surface area contributed by atoms with Crippen LogP contribution in [0.4, 0.5) is 5.82 Å². The fourth-order valence-corrected chi connectivity index (χ4v) is 3.87. The normalized spacial score (nSPS) is 19.3. The lowest BCUT2D eigenvalue weighted by molar-refractivity contribution is 0.409. The quantitative estimate of drug-likeness (QED) is 0.905. The van der Waals surface area contributed by atoms with Crippen LogP contribution in [0.1, 0.15) is 62.6 Å². The molecule has 0 amide bonds. The SMILES string of the molecule is NCCCN(c1ncnc2c1CCCC2)C1CCCCC1. The molecule has 0 radical (unpaired) electrons. The molecule has 1 aromatic rings. The molecule has 116 valence electrons. The summed E-state index contributed by atoms with van der Waals surface area (Å²) in [4.78, 5) is 11.8. The van der Waals surface area contributed by atoms with E-state index in [1.54, 1.807) is 6.33 Å². The van der Waals surface area contributed by atoms with E-state index in [2.05, 4.69) is 9.88 Å². The summed E-state index contributed by atoms with van der Waals surface area (Å²) in [5, 5.41) is 0. The average Bonchev–Trinajstić information content (AvgIpc) is 2.56. The van der Waals surface area contributed by atoms with Gasteiger partial charge >= 0.3 is 0 Å². The lowest BCUT2D eigenvalue weighted by atomic mass is 9.92. The van der Waals surface area contributed by atoms with Gasteiger partial charge in [-0.1, -0.05) is 19.3 Å². The Morgan fingerprint density at radius 2 is 1.86 bits per heavy atom. The first-order valence-corrected chi connectivity index (χ1v) is 8.69. The number of aromatic nitrogens is 2. The van der Waals surface area contributed by atoms with Gasteiger partial charge in [-0.2, -0.15) is 0 Å². The Balaban J connectivity index is 1.87. The van der Waals surface area contributed by atoms with E-state index in [4.69, 9.17) is 10.7 Å². The number of fused-ring (bicyclic) bond motifs is 1. The molecule has 2 N–H and O–H groups in total. The van der Waals surface area contributed by atoms with Crippen molar-refractivity contribution in [2.24, 2.45) is 5.73 Å². The lowest BCUT2D eigenvalue weighted by Gasteiger charge is -2.37. The predicted molar refractivity (Wildman–Crippen MR) is 86.6 cm³/mol. The van der Waals surface area contributed by atoms with Gasteiger partial charge in [0.2, 0.25) is 0 Å². The van der Waals surface area contributed by atoms with Gasteiger partial charge in [-0.05, 0) is 51.5 Å². The van der Waals surface area contributed by atoms with Crippen molar-refractivity contribution in [1.29, 1.82) is 0 Å². The predicted octanol–water partition coefficient (Wildman–Crippen LogP) is 2.84. The maximum absolute atomic E-state index is 5.76. The highest BCUT2D eigenvalue weighted by Gasteiger charge is 2.26. The van der Waals surface area contributed by atoms with Gasteiger partial charge in [0, 0.05) is 23.8 Å². The maximum Gasteiger partial charge on any atom is 0.135 e. The summed E-state index contributed by atoms with van der Waals surface area (Å²) in [6, 6.07) is 0.659. The van der Waals surface area contributed by atoms with Crippen molar-refractivity contribution in [3.63, 3.8) is 0 Å². The van der Waals surface area contributed by atoms with Gasteiger partial charge in [0.1, 0.15) is 12.1 Å². The monoisotopic (exact) mass is 288 g/mol. The summed E-state index contributed by atoms with van der Waals surface area (Å²) >= 11 is 0. The van der Waals surface area contributed by atoms with Crippen LogP contribution < -0.4 is 10.6 Å². The molecule has 0 aromatic carbocycles. The van der Waals surface area contributed by atoms with Gasteiger partial charge in [0.05, 0.1) is 0 Å². The molecule has 3 rings (SSSR count). The van der Waals surface area contributed by atoms with Gasteiger partial charge in [-0.3, -0.25) is 0 Å². The summed E-state index contributed by atoms with van der Waals surface area (Å²) in [5.74, 6) is 1.22. The summed E-state index contributed by atoms with van der Waals surface area (Å²) in [6.45, 7) is 1.81. The molecule has 1 saturated carbocycles. The molecule has 0 aliphatic heterocycles. The average molecular weight is 288 g/mol. The molecular weight excluding hydrogens is 260 g/mol. The fourth-order valence-electron chi connectivity index (χ4n) is 3.87. The highest BCUT2D eigenvalue weighted by Crippen LogP contribution is 2.32. The molecule has 0 saturated heterocycles. The van der Waals surface area contributed by atoms with Crippen molar-refractivity contribution >= 4 is 5.82 Å². The molecule has 0 unspecified atom stereocenters. The number of hydrogen-bond acceptors (Lipinski definition) is 4. The smallest absolute Gasteiger partial charge is 0.135 e. The minimum Gasteiger partial charge on any atom is -0.353 e. The number of aryl methyl sites for hydroxylation is 1. The minimum absolute atomic E-state index is 0.659. The van der Waals surface area contributed by atoms with Crippen LogP contribution in [-0.4, -0.2) is 29.1 Å². The third kappa shape index (κ3) is 3.37. The number of nitrogens with two attached hydrogens (primary N) is 1. The minimum atomic E-state index is 0.659. The van der Waals surface area contributed by atoms with Gasteiger partial charge in [0.15, 0.2) is 0 Å². The second-order valence-electron chi connectivity index (χ2n) is 6.46. The van der Waals surface area contributed by atoms with E-state index in [9.17, 15) is 0 Å². The Labute approximate surface area is 128 Å². The van der Waals surface area contributed by atoms with Crippen LogP contribution in [-0.2, 0) is 12.8 Å². The van der Waals surface area contributed by atoms with Gasteiger partial charge in [0.25, 0.3) is 0 Å². The second kappa shape index (κ2) is 7.21. The number of hydrogen-bond donors (Lipinski definition) is 1.